The van der Waals surface area contributed by atoms with Crippen molar-refractivity contribution in [3.8, 4) is 6.07 Å². The Kier molecular flexibility index (Phi) is 2.78. The van der Waals surface area contributed by atoms with Gasteiger partial charge in [0, 0.05) is 9.72 Å². The van der Waals surface area contributed by atoms with Gasteiger partial charge in [0.05, 0.1) is 16.3 Å². The van der Waals surface area contributed by atoms with E-state index in [9.17, 15) is 0 Å². The Bertz CT molecular complexity index is 527. The predicted octanol–water partition coefficient (Wildman–Crippen LogP) is 4.38. The first-order valence-corrected chi connectivity index (χ1v) is 5.94. The van der Waals surface area contributed by atoms with Crippen LogP contribution in [0.5, 0.6) is 0 Å². The molecule has 0 radical (unpaired) electrons. The second kappa shape index (κ2) is 3.90. The van der Waals surface area contributed by atoms with Crippen molar-refractivity contribution in [2.75, 3.05) is 0 Å². The summed E-state index contributed by atoms with van der Waals surface area (Å²) >= 11 is 11.0. The van der Waals surface area contributed by atoms with Crippen LogP contribution in [0.2, 0.25) is 5.02 Å². The summed E-state index contributed by atoms with van der Waals surface area (Å²) in [5.41, 5.74) is 1.04. The lowest BCUT2D eigenvalue weighted by Gasteiger charge is -1.94. The molecule has 0 fully saturated rings. The molecule has 2 aromatic rings. The largest absolute Gasteiger partial charge is 0.198 e. The molecule has 1 heterocycles. The topological polar surface area (TPSA) is 23.8 Å². The van der Waals surface area contributed by atoms with E-state index in [0.29, 0.717) is 11.4 Å². The van der Waals surface area contributed by atoms with Crippen LogP contribution in [0, 0.1) is 11.3 Å². The summed E-state index contributed by atoms with van der Waals surface area (Å²) in [6.45, 7) is 0. The first-order valence-electron chi connectivity index (χ1n) is 3.95. The maximum Gasteiger partial charge on any atom is 0.0753 e. The zero-order chi connectivity index (χ0) is 10.1. The zero-order valence-electron chi connectivity index (χ0n) is 7.05. The number of nitrogens with zero attached hydrogens (tertiary/aromatic N) is 1. The average Bonchev–Trinajstić information content (AvgIpc) is 2.45. The first-order chi connectivity index (χ1) is 6.72. The second-order valence-corrected chi connectivity index (χ2v) is 5.64. The predicted molar refractivity (Wildman–Crippen MR) is 63.9 cm³/mol. The second-order valence-electron chi connectivity index (χ2n) is 2.83. The number of hydrogen-bond donors (Lipinski definition) is 0. The molecule has 0 atom stereocenters. The van der Waals surface area contributed by atoms with Crippen LogP contribution in [0.4, 0.5) is 0 Å². The summed E-state index contributed by atoms with van der Waals surface area (Å²) in [7, 11) is 0. The van der Waals surface area contributed by atoms with Crippen molar-refractivity contribution in [1.29, 1.82) is 5.26 Å². The Morgan fingerprint density at radius 2 is 2.29 bits per heavy atom. The summed E-state index contributed by atoms with van der Waals surface area (Å²) in [6, 6.07) is 7.91. The summed E-state index contributed by atoms with van der Waals surface area (Å²) < 4.78 is 2.18. The highest BCUT2D eigenvalue weighted by atomic mass is 79.9. The first kappa shape index (κ1) is 9.97. The molecule has 1 aromatic heterocycles. The van der Waals surface area contributed by atoms with E-state index in [-0.39, 0.29) is 0 Å². The lowest BCUT2D eigenvalue weighted by molar-refractivity contribution is 1.29. The third kappa shape index (κ3) is 1.66. The summed E-state index contributed by atoms with van der Waals surface area (Å²) in [6.07, 6.45) is 0.418. The molecule has 0 aliphatic carbocycles. The van der Waals surface area contributed by atoms with Crippen molar-refractivity contribution in [3.63, 3.8) is 0 Å². The van der Waals surface area contributed by atoms with E-state index < -0.39 is 0 Å². The van der Waals surface area contributed by atoms with Crippen LogP contribution in [0.1, 0.15) is 5.56 Å². The van der Waals surface area contributed by atoms with E-state index in [1.165, 1.54) is 0 Å². The Balaban J connectivity index is 2.74. The third-order valence-corrected chi connectivity index (χ3v) is 4.16. The number of thiophene rings is 1. The maximum absolute atomic E-state index is 8.69. The number of benzene rings is 1. The minimum absolute atomic E-state index is 0.418. The normalized spacial score (nSPS) is 10.4. The van der Waals surface area contributed by atoms with Crippen LogP contribution >= 0.6 is 38.9 Å². The molecule has 14 heavy (non-hydrogen) atoms. The van der Waals surface area contributed by atoms with Gasteiger partial charge in [-0.3, -0.25) is 0 Å². The van der Waals surface area contributed by atoms with Crippen LogP contribution < -0.4 is 0 Å². The molecular weight excluding hydrogens is 282 g/mol. The average molecular weight is 287 g/mol. The van der Waals surface area contributed by atoms with Crippen LogP contribution in [0.15, 0.2) is 22.0 Å². The van der Waals surface area contributed by atoms with Gasteiger partial charge < -0.3 is 0 Å². The fourth-order valence-electron chi connectivity index (χ4n) is 1.33. The molecule has 1 nitrogen and oxygen atoms in total. The van der Waals surface area contributed by atoms with Crippen molar-refractivity contribution in [2.45, 2.75) is 6.42 Å². The quantitative estimate of drug-likeness (QED) is 0.763. The minimum Gasteiger partial charge on any atom is -0.198 e. The van der Waals surface area contributed by atoms with Crippen LogP contribution in [-0.2, 0) is 6.42 Å². The molecule has 0 amide bonds. The Labute approximate surface area is 99.0 Å². The van der Waals surface area contributed by atoms with E-state index in [4.69, 9.17) is 16.9 Å². The number of nitriles is 1. The van der Waals surface area contributed by atoms with Gasteiger partial charge in [0.2, 0.25) is 0 Å². The Morgan fingerprint density at radius 1 is 1.50 bits per heavy atom. The molecule has 0 N–H and O–H groups in total. The Morgan fingerprint density at radius 3 is 3.00 bits per heavy atom. The molecule has 0 saturated heterocycles. The number of fused-ring (bicyclic) bond motifs is 1. The molecule has 4 heteroatoms. The smallest absolute Gasteiger partial charge is 0.0753 e. The molecule has 70 valence electrons. The van der Waals surface area contributed by atoms with E-state index in [1.54, 1.807) is 11.3 Å². The van der Waals surface area contributed by atoms with E-state index >= 15 is 0 Å². The van der Waals surface area contributed by atoms with Gasteiger partial charge in [-0.15, -0.1) is 11.3 Å². The number of rotatable bonds is 1. The fourth-order valence-corrected chi connectivity index (χ4v) is 3.31. The van der Waals surface area contributed by atoms with Crippen LogP contribution in [0.25, 0.3) is 10.1 Å². The van der Waals surface area contributed by atoms with Crippen molar-refractivity contribution >= 4 is 49.0 Å². The van der Waals surface area contributed by atoms with E-state index in [0.717, 1.165) is 19.4 Å². The van der Waals surface area contributed by atoms with E-state index in [2.05, 4.69) is 22.0 Å². The van der Waals surface area contributed by atoms with Gasteiger partial charge in [0.25, 0.3) is 0 Å². The molecular formula is C10H5BrClNS. The number of halogens is 2. The molecule has 1 aromatic carbocycles. The molecule has 0 unspecified atom stereocenters. The standard InChI is InChI=1S/C10H5BrClNS/c11-10-7(3-4-13)8-5-6(12)1-2-9(8)14-10/h1-2,5H,3H2. The summed E-state index contributed by atoms with van der Waals surface area (Å²) in [5, 5.41) is 10.5. The van der Waals surface area contributed by atoms with Crippen LogP contribution in [0.3, 0.4) is 0 Å². The highest BCUT2D eigenvalue weighted by Crippen LogP contribution is 2.36. The fraction of sp³-hybridized carbons (Fsp3) is 0.100. The van der Waals surface area contributed by atoms with Crippen molar-refractivity contribution in [2.24, 2.45) is 0 Å². The highest BCUT2D eigenvalue weighted by molar-refractivity contribution is 9.11. The summed E-state index contributed by atoms with van der Waals surface area (Å²) in [5.74, 6) is 0. The number of hydrogen-bond acceptors (Lipinski definition) is 2. The third-order valence-electron chi connectivity index (χ3n) is 1.96. The van der Waals surface area contributed by atoms with Gasteiger partial charge in [-0.2, -0.15) is 5.26 Å². The van der Waals surface area contributed by atoms with Gasteiger partial charge in [-0.1, -0.05) is 11.6 Å². The lowest BCUT2D eigenvalue weighted by atomic mass is 10.1. The summed E-state index contributed by atoms with van der Waals surface area (Å²) in [4.78, 5) is 0. The lowest BCUT2D eigenvalue weighted by Crippen LogP contribution is -1.78. The van der Waals surface area contributed by atoms with E-state index in [1.807, 2.05) is 18.2 Å². The van der Waals surface area contributed by atoms with Gasteiger partial charge in [-0.25, -0.2) is 0 Å². The zero-order valence-corrected chi connectivity index (χ0v) is 10.2. The maximum atomic E-state index is 8.69. The van der Waals surface area contributed by atoms with Gasteiger partial charge in [0.15, 0.2) is 0 Å². The monoisotopic (exact) mass is 285 g/mol. The SMILES string of the molecule is N#CCc1c(Br)sc2ccc(Cl)cc12. The van der Waals surface area contributed by atoms with Gasteiger partial charge in [-0.05, 0) is 45.1 Å². The molecule has 0 bridgehead atoms. The Hall–Kier alpha value is -0.560. The molecule has 0 spiro atoms. The van der Waals surface area contributed by atoms with Gasteiger partial charge >= 0.3 is 0 Å². The molecule has 0 aliphatic rings. The highest BCUT2D eigenvalue weighted by Gasteiger charge is 2.09. The van der Waals surface area contributed by atoms with Crippen molar-refractivity contribution < 1.29 is 0 Å². The minimum atomic E-state index is 0.418. The van der Waals surface area contributed by atoms with Crippen LogP contribution in [-0.4, -0.2) is 0 Å². The van der Waals surface area contributed by atoms with Crippen molar-refractivity contribution in [3.05, 3.63) is 32.6 Å². The molecule has 2 rings (SSSR count). The molecule has 0 saturated carbocycles. The van der Waals surface area contributed by atoms with Crippen molar-refractivity contribution in [1.82, 2.24) is 0 Å². The van der Waals surface area contributed by atoms with Gasteiger partial charge in [0.1, 0.15) is 0 Å². The molecule has 0 aliphatic heterocycles.